The van der Waals surface area contributed by atoms with Gasteiger partial charge >= 0.3 is 0 Å². The summed E-state index contributed by atoms with van der Waals surface area (Å²) in [6.45, 7) is 4.41. The minimum atomic E-state index is -0.750. The summed E-state index contributed by atoms with van der Waals surface area (Å²) in [6, 6.07) is 10.5. The van der Waals surface area contributed by atoms with Crippen molar-refractivity contribution in [2.75, 3.05) is 0 Å². The average molecular weight is 240 g/mol. The lowest BCUT2D eigenvalue weighted by Gasteiger charge is -2.01. The first-order valence-corrected chi connectivity index (χ1v) is 5.32. The van der Waals surface area contributed by atoms with Gasteiger partial charge in [0.15, 0.2) is 4.30 Å². The zero-order valence-corrected chi connectivity index (χ0v) is 9.94. The minimum absolute atomic E-state index is 0.659. The number of rotatable bonds is 1. The summed E-state index contributed by atoms with van der Waals surface area (Å²) in [5, 5.41) is 0. The van der Waals surface area contributed by atoms with Crippen LogP contribution in [0.15, 0.2) is 30.3 Å². The fourth-order valence-corrected chi connectivity index (χ4v) is 0.838. The SMILES string of the molecule is CC(C)c1ccccc1.ClC(Cl)Cl. The van der Waals surface area contributed by atoms with Gasteiger partial charge in [0.2, 0.25) is 0 Å². The topological polar surface area (TPSA) is 0 Å². The molecule has 0 heterocycles. The van der Waals surface area contributed by atoms with Crippen LogP contribution in [0.25, 0.3) is 0 Å². The van der Waals surface area contributed by atoms with Crippen molar-refractivity contribution in [3.63, 3.8) is 0 Å². The predicted octanol–water partition coefficient (Wildman–Crippen LogP) is 4.80. The van der Waals surface area contributed by atoms with Crippen LogP contribution in [0.1, 0.15) is 25.3 Å². The number of hydrogen-bond donors (Lipinski definition) is 0. The Kier molecular flexibility index (Phi) is 7.54. The molecule has 0 nitrogen and oxygen atoms in total. The summed E-state index contributed by atoms with van der Waals surface area (Å²) in [7, 11) is 0. The van der Waals surface area contributed by atoms with Gasteiger partial charge in [0.25, 0.3) is 0 Å². The quantitative estimate of drug-likeness (QED) is 0.618. The van der Waals surface area contributed by atoms with E-state index in [1.54, 1.807) is 0 Å². The third-order valence-corrected chi connectivity index (χ3v) is 1.47. The zero-order chi connectivity index (χ0) is 10.3. The van der Waals surface area contributed by atoms with Crippen molar-refractivity contribution in [3.05, 3.63) is 35.9 Å². The van der Waals surface area contributed by atoms with Gasteiger partial charge in [-0.15, -0.1) is 0 Å². The fourth-order valence-electron chi connectivity index (χ4n) is 0.838. The van der Waals surface area contributed by atoms with Crippen molar-refractivity contribution in [1.82, 2.24) is 0 Å². The second-order valence-electron chi connectivity index (χ2n) is 2.81. The van der Waals surface area contributed by atoms with E-state index in [4.69, 9.17) is 34.8 Å². The Hall–Kier alpha value is 0.0900. The molecule has 1 aromatic carbocycles. The Morgan fingerprint density at radius 3 is 1.54 bits per heavy atom. The molecule has 0 unspecified atom stereocenters. The molecule has 13 heavy (non-hydrogen) atoms. The molecule has 0 N–H and O–H groups in total. The normalized spacial score (nSPS) is 9.77. The Morgan fingerprint density at radius 1 is 0.923 bits per heavy atom. The third-order valence-electron chi connectivity index (χ3n) is 1.47. The van der Waals surface area contributed by atoms with Gasteiger partial charge in [-0.2, -0.15) is 0 Å². The molecular weight excluding hydrogens is 226 g/mol. The van der Waals surface area contributed by atoms with E-state index in [1.165, 1.54) is 5.56 Å². The fraction of sp³-hybridized carbons (Fsp3) is 0.400. The lowest BCUT2D eigenvalue weighted by molar-refractivity contribution is 0.867. The maximum absolute atomic E-state index is 4.81. The number of halogens is 3. The lowest BCUT2D eigenvalue weighted by Crippen LogP contribution is -1.83. The van der Waals surface area contributed by atoms with Crippen molar-refractivity contribution >= 4 is 34.8 Å². The Labute approximate surface area is 94.8 Å². The Balaban J connectivity index is 0.000000310. The molecule has 0 atom stereocenters. The standard InChI is InChI=1S/C9H12.CHCl3/c1-8(2)9-6-4-3-5-7-9;2-1(3)4/h3-8H,1-2H3;1H. The van der Waals surface area contributed by atoms with E-state index in [0.717, 1.165) is 0 Å². The summed E-state index contributed by atoms with van der Waals surface area (Å²) in [5.74, 6) is 0.659. The highest BCUT2D eigenvalue weighted by Gasteiger charge is 1.93. The average Bonchev–Trinajstić information content (AvgIpc) is 2.05. The van der Waals surface area contributed by atoms with Crippen LogP contribution in [0, 0.1) is 0 Å². The van der Waals surface area contributed by atoms with E-state index in [-0.39, 0.29) is 0 Å². The summed E-state index contributed by atoms with van der Waals surface area (Å²) in [4.78, 5) is 0. The van der Waals surface area contributed by atoms with E-state index >= 15 is 0 Å². The molecule has 3 heteroatoms. The molecule has 0 radical (unpaired) electrons. The van der Waals surface area contributed by atoms with Gasteiger partial charge in [0, 0.05) is 0 Å². The molecule has 0 bridgehead atoms. The summed E-state index contributed by atoms with van der Waals surface area (Å²) in [5.41, 5.74) is 1.41. The van der Waals surface area contributed by atoms with Crippen LogP contribution >= 0.6 is 34.8 Å². The van der Waals surface area contributed by atoms with Gasteiger partial charge in [-0.25, -0.2) is 0 Å². The second kappa shape index (κ2) is 7.49. The first-order valence-electron chi connectivity index (χ1n) is 4.01. The molecule has 74 valence electrons. The van der Waals surface area contributed by atoms with Crippen LogP contribution in [-0.2, 0) is 0 Å². The van der Waals surface area contributed by atoms with Crippen LogP contribution < -0.4 is 0 Å². The van der Waals surface area contributed by atoms with Crippen molar-refractivity contribution in [3.8, 4) is 0 Å². The van der Waals surface area contributed by atoms with E-state index in [2.05, 4.69) is 38.1 Å². The Bertz CT molecular complexity index is 204. The summed E-state index contributed by atoms with van der Waals surface area (Å²) in [6.07, 6.45) is 0. The molecule has 0 aromatic heterocycles. The maximum Gasteiger partial charge on any atom is 0.180 e. The monoisotopic (exact) mass is 238 g/mol. The molecule has 0 aliphatic heterocycles. The third kappa shape index (κ3) is 8.42. The number of benzene rings is 1. The van der Waals surface area contributed by atoms with Crippen molar-refractivity contribution < 1.29 is 0 Å². The second-order valence-corrected chi connectivity index (χ2v) is 4.79. The summed E-state index contributed by atoms with van der Waals surface area (Å²) < 4.78 is -0.750. The van der Waals surface area contributed by atoms with Crippen LogP contribution in [0.5, 0.6) is 0 Å². The largest absolute Gasteiger partial charge is 0.180 e. The van der Waals surface area contributed by atoms with Crippen LogP contribution in [0.2, 0.25) is 0 Å². The molecule has 0 saturated carbocycles. The van der Waals surface area contributed by atoms with E-state index < -0.39 is 4.30 Å². The molecule has 0 spiro atoms. The number of hydrogen-bond acceptors (Lipinski definition) is 0. The van der Waals surface area contributed by atoms with Crippen molar-refractivity contribution in [2.24, 2.45) is 0 Å². The molecule has 0 aliphatic carbocycles. The van der Waals surface area contributed by atoms with E-state index in [0.29, 0.717) is 5.92 Å². The molecule has 0 fully saturated rings. The first kappa shape index (κ1) is 13.1. The highest BCUT2D eigenvalue weighted by Crippen LogP contribution is 2.11. The summed E-state index contributed by atoms with van der Waals surface area (Å²) >= 11 is 14.4. The lowest BCUT2D eigenvalue weighted by atomic mass is 10.0. The first-order chi connectivity index (χ1) is 6.04. The highest BCUT2D eigenvalue weighted by molar-refractivity contribution is 6.63. The van der Waals surface area contributed by atoms with Gasteiger partial charge < -0.3 is 0 Å². The van der Waals surface area contributed by atoms with Gasteiger partial charge in [-0.1, -0.05) is 79.0 Å². The number of alkyl halides is 3. The van der Waals surface area contributed by atoms with Gasteiger partial charge in [-0.3, -0.25) is 0 Å². The van der Waals surface area contributed by atoms with Crippen LogP contribution in [0.3, 0.4) is 0 Å². The molecular formula is C10H13Cl3. The highest BCUT2D eigenvalue weighted by atomic mass is 35.6. The molecule has 0 saturated heterocycles. The van der Waals surface area contributed by atoms with Crippen molar-refractivity contribution in [2.45, 2.75) is 24.1 Å². The molecule has 0 amide bonds. The van der Waals surface area contributed by atoms with E-state index in [1.807, 2.05) is 6.07 Å². The zero-order valence-electron chi connectivity index (χ0n) is 7.68. The minimum Gasteiger partial charge on any atom is -0.0874 e. The van der Waals surface area contributed by atoms with E-state index in [9.17, 15) is 0 Å². The van der Waals surface area contributed by atoms with Gasteiger partial charge in [0.1, 0.15) is 0 Å². The van der Waals surface area contributed by atoms with Crippen LogP contribution in [0.4, 0.5) is 0 Å². The molecule has 1 aromatic rings. The Morgan fingerprint density at radius 2 is 1.31 bits per heavy atom. The van der Waals surface area contributed by atoms with Gasteiger partial charge in [-0.05, 0) is 11.5 Å². The maximum atomic E-state index is 4.81. The smallest absolute Gasteiger partial charge is 0.0874 e. The van der Waals surface area contributed by atoms with Gasteiger partial charge in [0.05, 0.1) is 0 Å². The van der Waals surface area contributed by atoms with Crippen molar-refractivity contribution in [1.29, 1.82) is 0 Å². The molecule has 1 rings (SSSR count). The van der Waals surface area contributed by atoms with Crippen LogP contribution in [-0.4, -0.2) is 4.30 Å². The molecule has 0 aliphatic rings. The predicted molar refractivity (Wildman–Crippen MR) is 61.9 cm³/mol.